The lowest BCUT2D eigenvalue weighted by Gasteiger charge is -2.33. The van der Waals surface area contributed by atoms with Crippen molar-refractivity contribution in [1.29, 1.82) is 0 Å². The molecular weight excluding hydrogens is 276 g/mol. The Kier molecular flexibility index (Phi) is 3.59. The van der Waals surface area contributed by atoms with E-state index in [2.05, 4.69) is 21.5 Å². The van der Waals surface area contributed by atoms with E-state index in [1.807, 2.05) is 17.9 Å². The van der Waals surface area contributed by atoms with Crippen LogP contribution in [0.1, 0.15) is 38.5 Å². The second-order valence-corrected chi connectivity index (χ2v) is 7.30. The van der Waals surface area contributed by atoms with Crippen LogP contribution in [0.2, 0.25) is 0 Å². The van der Waals surface area contributed by atoms with E-state index in [-0.39, 0.29) is 0 Å². The molecule has 0 unspecified atom stereocenters. The predicted octanol–water partition coefficient (Wildman–Crippen LogP) is 1.94. The number of piperidine rings is 1. The minimum Gasteiger partial charge on any atom is -0.367 e. The summed E-state index contributed by atoms with van der Waals surface area (Å²) in [4.78, 5) is 14.9. The molecule has 1 N–H and O–H groups in total. The highest BCUT2D eigenvalue weighted by Gasteiger charge is 2.54. The summed E-state index contributed by atoms with van der Waals surface area (Å²) in [5.74, 6) is 2.06. The van der Waals surface area contributed by atoms with Crippen molar-refractivity contribution in [3.8, 4) is 0 Å². The van der Waals surface area contributed by atoms with Gasteiger partial charge in [-0.25, -0.2) is 0 Å². The van der Waals surface area contributed by atoms with Crippen molar-refractivity contribution in [3.63, 3.8) is 0 Å². The van der Waals surface area contributed by atoms with Crippen LogP contribution in [0, 0.1) is 17.8 Å². The first-order valence-electron chi connectivity index (χ1n) is 8.76. The van der Waals surface area contributed by atoms with E-state index in [9.17, 15) is 4.79 Å². The van der Waals surface area contributed by atoms with Crippen LogP contribution in [-0.2, 0) is 11.8 Å². The number of carbonyl (C=O) groups is 1. The summed E-state index contributed by atoms with van der Waals surface area (Å²) in [5, 5.41) is 7.59. The Morgan fingerprint density at radius 2 is 2.00 bits per heavy atom. The Bertz CT molecular complexity index is 543. The molecule has 120 valence electrons. The number of anilines is 1. The van der Waals surface area contributed by atoms with Gasteiger partial charge in [-0.1, -0.05) is 12.8 Å². The second-order valence-electron chi connectivity index (χ2n) is 7.30. The number of hydrogen-bond acceptors (Lipinski definition) is 3. The Morgan fingerprint density at radius 1 is 1.23 bits per heavy atom. The van der Waals surface area contributed by atoms with Crippen molar-refractivity contribution in [2.45, 2.75) is 44.6 Å². The van der Waals surface area contributed by atoms with E-state index >= 15 is 0 Å². The van der Waals surface area contributed by atoms with Gasteiger partial charge in [0.05, 0.1) is 11.9 Å². The van der Waals surface area contributed by atoms with Crippen LogP contribution >= 0.6 is 0 Å². The molecule has 1 saturated heterocycles. The van der Waals surface area contributed by atoms with Crippen LogP contribution < -0.4 is 10.2 Å². The zero-order valence-electron chi connectivity index (χ0n) is 13.4. The molecule has 1 aromatic rings. The maximum Gasteiger partial charge on any atom is 0.223 e. The highest BCUT2D eigenvalue weighted by Crippen LogP contribution is 2.55. The topological polar surface area (TPSA) is 50.2 Å². The monoisotopic (exact) mass is 302 g/mol. The Balaban J connectivity index is 1.34. The maximum atomic E-state index is 12.5. The Labute approximate surface area is 132 Å². The summed E-state index contributed by atoms with van der Waals surface area (Å²) in [6.45, 7) is 1.98. The molecule has 1 amide bonds. The van der Waals surface area contributed by atoms with Gasteiger partial charge in [-0.3, -0.25) is 9.48 Å². The lowest BCUT2D eigenvalue weighted by molar-refractivity contribution is -0.123. The second kappa shape index (κ2) is 5.60. The quantitative estimate of drug-likeness (QED) is 0.928. The van der Waals surface area contributed by atoms with E-state index < -0.39 is 0 Å². The molecule has 0 aromatic carbocycles. The number of carbonyl (C=O) groups excluding carboxylic acids is 1. The van der Waals surface area contributed by atoms with E-state index in [1.54, 1.807) is 0 Å². The summed E-state index contributed by atoms with van der Waals surface area (Å²) in [6, 6.07) is 0.295. The minimum absolute atomic E-state index is 0.295. The molecular formula is C17H26N4O. The van der Waals surface area contributed by atoms with Crippen LogP contribution in [0.4, 0.5) is 5.69 Å². The average Bonchev–Trinajstić information content (AvgIpc) is 3.11. The van der Waals surface area contributed by atoms with Crippen molar-refractivity contribution < 1.29 is 4.79 Å². The molecule has 2 saturated carbocycles. The van der Waals surface area contributed by atoms with Gasteiger partial charge in [-0.05, 0) is 37.5 Å². The molecule has 2 heterocycles. The van der Waals surface area contributed by atoms with Crippen molar-refractivity contribution in [3.05, 3.63) is 12.4 Å². The summed E-state index contributed by atoms with van der Waals surface area (Å²) in [5.41, 5.74) is 1.17. The van der Waals surface area contributed by atoms with E-state index in [0.717, 1.165) is 25.9 Å². The van der Waals surface area contributed by atoms with E-state index in [1.165, 1.54) is 31.4 Å². The lowest BCUT2D eigenvalue weighted by Crippen LogP contribution is -2.48. The highest BCUT2D eigenvalue weighted by molar-refractivity contribution is 5.82. The predicted molar refractivity (Wildman–Crippen MR) is 85.5 cm³/mol. The van der Waals surface area contributed by atoms with Gasteiger partial charge in [0.25, 0.3) is 0 Å². The van der Waals surface area contributed by atoms with Gasteiger partial charge in [-0.2, -0.15) is 5.10 Å². The van der Waals surface area contributed by atoms with Crippen LogP contribution in [0.3, 0.4) is 0 Å². The minimum atomic E-state index is 0.295. The van der Waals surface area contributed by atoms with Crippen molar-refractivity contribution in [2.75, 3.05) is 18.0 Å². The van der Waals surface area contributed by atoms with Gasteiger partial charge < -0.3 is 10.2 Å². The molecule has 3 fully saturated rings. The fraction of sp³-hybridized carbons (Fsp3) is 0.765. The third-order valence-corrected chi connectivity index (χ3v) is 5.78. The standard InChI is InChI=1S/C17H26N4O/c1-20-11-13(9-18-20)21-8-4-5-12(10-21)19-17(22)16-14-6-2-3-7-15(14)16/h9,11-12,14-16H,2-8,10H2,1H3,(H,19,22)/t12-,14+,15+/m0/s1. The number of amides is 1. The summed E-state index contributed by atoms with van der Waals surface area (Å²) in [7, 11) is 1.95. The van der Waals surface area contributed by atoms with Crippen LogP contribution in [-0.4, -0.2) is 34.8 Å². The fourth-order valence-corrected chi connectivity index (χ4v) is 4.58. The van der Waals surface area contributed by atoms with Crippen molar-refractivity contribution >= 4 is 11.6 Å². The molecule has 0 bridgehead atoms. The maximum absolute atomic E-state index is 12.5. The summed E-state index contributed by atoms with van der Waals surface area (Å²) in [6.07, 6.45) is 11.4. The average molecular weight is 302 g/mol. The number of fused-ring (bicyclic) bond motifs is 1. The molecule has 3 atom stereocenters. The zero-order chi connectivity index (χ0) is 15.1. The van der Waals surface area contributed by atoms with Crippen LogP contribution in [0.25, 0.3) is 0 Å². The first kappa shape index (κ1) is 14.1. The fourth-order valence-electron chi connectivity index (χ4n) is 4.58. The molecule has 5 heteroatoms. The third-order valence-electron chi connectivity index (χ3n) is 5.78. The van der Waals surface area contributed by atoms with Gasteiger partial charge >= 0.3 is 0 Å². The zero-order valence-corrected chi connectivity index (χ0v) is 13.4. The Hall–Kier alpha value is -1.52. The molecule has 22 heavy (non-hydrogen) atoms. The van der Waals surface area contributed by atoms with Crippen LogP contribution in [0.15, 0.2) is 12.4 Å². The van der Waals surface area contributed by atoms with E-state index in [0.29, 0.717) is 29.7 Å². The largest absolute Gasteiger partial charge is 0.367 e. The first-order chi connectivity index (χ1) is 10.7. The Morgan fingerprint density at radius 3 is 2.68 bits per heavy atom. The molecule has 3 aliphatic rings. The van der Waals surface area contributed by atoms with Crippen molar-refractivity contribution in [2.24, 2.45) is 24.8 Å². The molecule has 0 radical (unpaired) electrons. The number of hydrogen-bond donors (Lipinski definition) is 1. The van der Waals surface area contributed by atoms with Crippen molar-refractivity contribution in [1.82, 2.24) is 15.1 Å². The molecule has 4 rings (SSSR count). The smallest absolute Gasteiger partial charge is 0.223 e. The normalized spacial score (nSPS) is 34.1. The molecule has 1 aliphatic heterocycles. The van der Waals surface area contributed by atoms with Crippen LogP contribution in [0.5, 0.6) is 0 Å². The number of aromatic nitrogens is 2. The summed E-state index contributed by atoms with van der Waals surface area (Å²) < 4.78 is 1.84. The molecule has 2 aliphatic carbocycles. The molecule has 5 nitrogen and oxygen atoms in total. The van der Waals surface area contributed by atoms with Gasteiger partial charge in [0.15, 0.2) is 0 Å². The van der Waals surface area contributed by atoms with Gasteiger partial charge in [0.2, 0.25) is 5.91 Å². The lowest BCUT2D eigenvalue weighted by atomic mass is 10.0. The number of aryl methyl sites for hydroxylation is 1. The first-order valence-corrected chi connectivity index (χ1v) is 8.76. The molecule has 0 spiro atoms. The number of rotatable bonds is 3. The van der Waals surface area contributed by atoms with Gasteiger partial charge in [0.1, 0.15) is 0 Å². The third kappa shape index (κ3) is 2.61. The number of nitrogens with zero attached hydrogens (tertiary/aromatic N) is 3. The summed E-state index contributed by atoms with van der Waals surface area (Å²) >= 11 is 0. The molecule has 1 aromatic heterocycles. The van der Waals surface area contributed by atoms with Gasteiger partial charge in [-0.15, -0.1) is 0 Å². The SMILES string of the molecule is Cn1cc(N2CCC[C@H](NC(=O)C3[C@@H]4CCCC[C@@H]34)C2)cn1. The van der Waals surface area contributed by atoms with Gasteiger partial charge in [0, 0.05) is 38.3 Å². The highest BCUT2D eigenvalue weighted by atomic mass is 16.2. The number of nitrogens with one attached hydrogen (secondary N) is 1. The van der Waals surface area contributed by atoms with E-state index in [4.69, 9.17) is 0 Å².